The number of nitrogen functional groups attached to an aromatic ring is 1. The Balaban J connectivity index is 1.67. The fourth-order valence-corrected chi connectivity index (χ4v) is 5.26. The van der Waals surface area contributed by atoms with Gasteiger partial charge in [0.2, 0.25) is 0 Å². The third kappa shape index (κ3) is 4.50. The van der Waals surface area contributed by atoms with Gasteiger partial charge in [-0.05, 0) is 60.9 Å². The van der Waals surface area contributed by atoms with E-state index in [-0.39, 0.29) is 5.91 Å². The Bertz CT molecular complexity index is 1580. The molecule has 0 bridgehead atoms. The molecule has 5 aromatic rings. The number of hydrogen-bond acceptors (Lipinski definition) is 4. The van der Waals surface area contributed by atoms with E-state index in [1.54, 1.807) is 12.1 Å². The predicted octanol–water partition coefficient (Wildman–Crippen LogP) is 8.39. The number of benzene rings is 3. The van der Waals surface area contributed by atoms with Gasteiger partial charge in [0.05, 0.1) is 11.4 Å². The van der Waals surface area contributed by atoms with Crippen molar-refractivity contribution in [3.05, 3.63) is 98.8 Å². The number of nitrogens with zero attached hydrogens (tertiary/aromatic N) is 1. The number of aromatic nitrogens is 1. The molecule has 3 aromatic carbocycles. The Kier molecular flexibility index (Phi) is 6.24. The summed E-state index contributed by atoms with van der Waals surface area (Å²) < 4.78 is 0. The smallest absolute Gasteiger partial charge is 0.267 e. The van der Waals surface area contributed by atoms with Crippen LogP contribution >= 0.6 is 34.5 Å². The molecule has 0 aliphatic carbocycles. The number of aryl methyl sites for hydroxylation is 1. The molecule has 0 unspecified atom stereocenters. The van der Waals surface area contributed by atoms with Crippen molar-refractivity contribution >= 4 is 62.0 Å². The molecule has 5 rings (SSSR count). The summed E-state index contributed by atoms with van der Waals surface area (Å²) in [5.41, 5.74) is 13.2. The minimum Gasteiger partial charge on any atom is -0.397 e. The number of hydrogen-bond donors (Lipinski definition) is 2. The van der Waals surface area contributed by atoms with Crippen molar-refractivity contribution in [1.82, 2.24) is 4.98 Å². The monoisotopic (exact) mass is 517 g/mol. The van der Waals surface area contributed by atoms with Gasteiger partial charge in [0, 0.05) is 26.7 Å². The number of nitrogens with one attached hydrogen (secondary N) is 1. The van der Waals surface area contributed by atoms with E-state index in [4.69, 9.17) is 33.9 Å². The molecule has 174 valence electrons. The summed E-state index contributed by atoms with van der Waals surface area (Å²) in [5, 5.41) is 4.93. The average Bonchev–Trinajstić information content (AvgIpc) is 3.19. The molecule has 3 N–H and O–H groups in total. The van der Waals surface area contributed by atoms with Crippen LogP contribution in [0.15, 0.2) is 72.8 Å². The molecule has 0 fully saturated rings. The van der Waals surface area contributed by atoms with Gasteiger partial charge in [-0.1, -0.05) is 71.2 Å². The number of halogens is 2. The van der Waals surface area contributed by atoms with Crippen LogP contribution in [0.2, 0.25) is 10.0 Å². The summed E-state index contributed by atoms with van der Waals surface area (Å²) in [4.78, 5) is 19.3. The molecule has 0 saturated carbocycles. The van der Waals surface area contributed by atoms with Crippen molar-refractivity contribution < 1.29 is 4.79 Å². The largest absolute Gasteiger partial charge is 0.397 e. The van der Waals surface area contributed by atoms with E-state index < -0.39 is 0 Å². The SMILES string of the molecule is Cc1ccc(-c2cc(-c3ccc(Cl)cc3)c3c(N)c(C(=O)Nc4cccc(Cl)c4C)sc3n2)cc1. The topological polar surface area (TPSA) is 68.0 Å². The van der Waals surface area contributed by atoms with E-state index in [2.05, 4.69) is 17.4 Å². The first kappa shape index (κ1) is 23.4. The zero-order chi connectivity index (χ0) is 24.7. The number of carbonyl (C=O) groups is 1. The molecular formula is C28H21Cl2N3OS. The normalized spacial score (nSPS) is 11.1. The molecule has 2 aromatic heterocycles. The molecule has 4 nitrogen and oxygen atoms in total. The summed E-state index contributed by atoms with van der Waals surface area (Å²) in [6.07, 6.45) is 0. The van der Waals surface area contributed by atoms with Crippen LogP contribution in [0.25, 0.3) is 32.6 Å². The Morgan fingerprint density at radius 1 is 0.943 bits per heavy atom. The van der Waals surface area contributed by atoms with Crippen LogP contribution in [0.4, 0.5) is 11.4 Å². The predicted molar refractivity (Wildman–Crippen MR) is 149 cm³/mol. The van der Waals surface area contributed by atoms with Crippen LogP contribution in [-0.2, 0) is 0 Å². The minimum atomic E-state index is -0.296. The van der Waals surface area contributed by atoms with Gasteiger partial charge in [-0.25, -0.2) is 4.98 Å². The Morgan fingerprint density at radius 2 is 1.63 bits per heavy atom. The van der Waals surface area contributed by atoms with Gasteiger partial charge < -0.3 is 11.1 Å². The van der Waals surface area contributed by atoms with Crippen molar-refractivity contribution in [2.45, 2.75) is 13.8 Å². The summed E-state index contributed by atoms with van der Waals surface area (Å²) in [6.45, 7) is 3.91. The van der Waals surface area contributed by atoms with E-state index in [0.29, 0.717) is 31.1 Å². The third-order valence-electron chi connectivity index (χ3n) is 5.92. The minimum absolute atomic E-state index is 0.296. The summed E-state index contributed by atoms with van der Waals surface area (Å²) >= 11 is 13.6. The number of fused-ring (bicyclic) bond motifs is 1. The fraction of sp³-hybridized carbons (Fsp3) is 0.0714. The number of nitrogens with two attached hydrogens (primary N) is 1. The molecule has 7 heteroatoms. The lowest BCUT2D eigenvalue weighted by molar-refractivity contribution is 0.103. The quantitative estimate of drug-likeness (QED) is 0.251. The second kappa shape index (κ2) is 9.34. The van der Waals surface area contributed by atoms with Crippen molar-refractivity contribution in [3.63, 3.8) is 0 Å². The van der Waals surface area contributed by atoms with E-state index >= 15 is 0 Å². The van der Waals surface area contributed by atoms with Crippen molar-refractivity contribution in [2.75, 3.05) is 11.1 Å². The number of amides is 1. The van der Waals surface area contributed by atoms with Gasteiger partial charge in [0.25, 0.3) is 5.91 Å². The summed E-state index contributed by atoms with van der Waals surface area (Å²) in [5.74, 6) is -0.296. The first-order valence-electron chi connectivity index (χ1n) is 10.9. The van der Waals surface area contributed by atoms with E-state index in [1.807, 2.05) is 62.4 Å². The van der Waals surface area contributed by atoms with Crippen molar-refractivity contribution in [3.8, 4) is 22.4 Å². The molecule has 0 aliphatic heterocycles. The van der Waals surface area contributed by atoms with Gasteiger partial charge in [-0.2, -0.15) is 0 Å². The number of carbonyl (C=O) groups excluding carboxylic acids is 1. The van der Waals surface area contributed by atoms with Crippen LogP contribution in [0.1, 0.15) is 20.8 Å². The maximum atomic E-state index is 13.3. The van der Waals surface area contributed by atoms with Gasteiger partial charge in [0.15, 0.2) is 0 Å². The van der Waals surface area contributed by atoms with E-state index in [0.717, 1.165) is 33.3 Å². The zero-order valence-corrected chi connectivity index (χ0v) is 21.4. The van der Waals surface area contributed by atoms with E-state index in [1.165, 1.54) is 16.9 Å². The lowest BCUT2D eigenvalue weighted by Gasteiger charge is -2.10. The second-order valence-corrected chi connectivity index (χ2v) is 10.2. The van der Waals surface area contributed by atoms with Crippen LogP contribution in [0.5, 0.6) is 0 Å². The Hall–Kier alpha value is -3.38. The first-order valence-corrected chi connectivity index (χ1v) is 12.5. The highest BCUT2D eigenvalue weighted by Crippen LogP contribution is 2.42. The number of thiophene rings is 1. The van der Waals surface area contributed by atoms with Gasteiger partial charge >= 0.3 is 0 Å². The van der Waals surface area contributed by atoms with Crippen LogP contribution in [0.3, 0.4) is 0 Å². The number of pyridine rings is 1. The maximum absolute atomic E-state index is 13.3. The molecule has 0 spiro atoms. The van der Waals surface area contributed by atoms with Crippen molar-refractivity contribution in [1.29, 1.82) is 0 Å². The molecule has 35 heavy (non-hydrogen) atoms. The molecule has 0 radical (unpaired) electrons. The molecule has 0 atom stereocenters. The van der Waals surface area contributed by atoms with Gasteiger partial charge in [-0.15, -0.1) is 11.3 Å². The molecule has 0 saturated heterocycles. The van der Waals surface area contributed by atoms with Crippen LogP contribution < -0.4 is 11.1 Å². The van der Waals surface area contributed by atoms with Gasteiger partial charge in [0.1, 0.15) is 9.71 Å². The lowest BCUT2D eigenvalue weighted by Crippen LogP contribution is -2.12. The van der Waals surface area contributed by atoms with Crippen LogP contribution in [0, 0.1) is 13.8 Å². The maximum Gasteiger partial charge on any atom is 0.267 e. The molecule has 1 amide bonds. The summed E-state index contributed by atoms with van der Waals surface area (Å²) in [6, 6.07) is 23.2. The fourth-order valence-electron chi connectivity index (χ4n) is 3.94. The highest BCUT2D eigenvalue weighted by atomic mass is 35.5. The standard InChI is InChI=1S/C28H21Cl2N3OS/c1-15-6-8-18(9-7-15)23-14-20(17-10-12-19(29)13-11-17)24-25(31)26(35-28(24)33-23)27(34)32-22-5-3-4-21(30)16(22)2/h3-14H,31H2,1-2H3,(H,32,34). The first-order chi connectivity index (χ1) is 16.8. The second-order valence-electron chi connectivity index (χ2n) is 8.32. The molecule has 2 heterocycles. The highest BCUT2D eigenvalue weighted by molar-refractivity contribution is 7.21. The number of rotatable bonds is 4. The average molecular weight is 518 g/mol. The molecular weight excluding hydrogens is 497 g/mol. The van der Waals surface area contributed by atoms with E-state index in [9.17, 15) is 4.79 Å². The highest BCUT2D eigenvalue weighted by Gasteiger charge is 2.22. The van der Waals surface area contributed by atoms with Crippen molar-refractivity contribution in [2.24, 2.45) is 0 Å². The number of anilines is 2. The molecule has 0 aliphatic rings. The van der Waals surface area contributed by atoms with Crippen LogP contribution in [-0.4, -0.2) is 10.9 Å². The summed E-state index contributed by atoms with van der Waals surface area (Å²) in [7, 11) is 0. The lowest BCUT2D eigenvalue weighted by atomic mass is 9.99. The zero-order valence-electron chi connectivity index (χ0n) is 19.0. The Labute approximate surface area is 217 Å². The Morgan fingerprint density at radius 3 is 2.34 bits per heavy atom. The van der Waals surface area contributed by atoms with Gasteiger partial charge in [-0.3, -0.25) is 4.79 Å². The third-order valence-corrected chi connectivity index (χ3v) is 7.68.